The van der Waals surface area contributed by atoms with Gasteiger partial charge in [0.15, 0.2) is 0 Å². The number of likely N-dealkylation sites (N-methyl/N-ethyl adjacent to an activating group) is 1. The number of rotatable bonds is 5. The number of anilines is 1. The number of benzene rings is 2. The smallest absolute Gasteiger partial charge is 0.303 e. The van der Waals surface area contributed by atoms with Gasteiger partial charge in [0.1, 0.15) is 5.01 Å². The highest BCUT2D eigenvalue weighted by atomic mass is 32.1. The van der Waals surface area contributed by atoms with Gasteiger partial charge >= 0.3 is 5.97 Å². The van der Waals surface area contributed by atoms with Gasteiger partial charge < -0.3 is 4.74 Å². The number of hydrogen-bond acceptors (Lipinski definition) is 6. The van der Waals surface area contributed by atoms with Crippen molar-refractivity contribution in [3.63, 3.8) is 0 Å². The Morgan fingerprint density at radius 3 is 2.33 bits per heavy atom. The molecule has 1 aromatic heterocycles. The molecule has 27 heavy (non-hydrogen) atoms. The summed E-state index contributed by atoms with van der Waals surface area (Å²) in [6.45, 7) is 3.30. The summed E-state index contributed by atoms with van der Waals surface area (Å²) < 4.78 is 5.27. The molecule has 1 amide bonds. The number of aryl methyl sites for hydroxylation is 1. The van der Waals surface area contributed by atoms with Crippen LogP contribution in [0.2, 0.25) is 0 Å². The molecule has 0 spiro atoms. The largest absolute Gasteiger partial charge is 0.447 e. The second-order valence-corrected chi connectivity index (χ2v) is 7.01. The third-order valence-electron chi connectivity index (χ3n) is 3.94. The van der Waals surface area contributed by atoms with Crippen LogP contribution in [0.5, 0.6) is 0 Å². The van der Waals surface area contributed by atoms with Gasteiger partial charge in [0, 0.05) is 25.1 Å². The van der Waals surface area contributed by atoms with Crippen LogP contribution in [0.15, 0.2) is 54.6 Å². The third kappa shape index (κ3) is 4.38. The van der Waals surface area contributed by atoms with E-state index >= 15 is 0 Å². The predicted molar refractivity (Wildman–Crippen MR) is 104 cm³/mol. The van der Waals surface area contributed by atoms with Crippen molar-refractivity contribution in [1.82, 2.24) is 10.2 Å². The van der Waals surface area contributed by atoms with E-state index in [2.05, 4.69) is 10.2 Å². The molecule has 0 saturated heterocycles. The van der Waals surface area contributed by atoms with Gasteiger partial charge in [0.25, 0.3) is 5.91 Å². The van der Waals surface area contributed by atoms with Gasteiger partial charge in [0.2, 0.25) is 11.2 Å². The second-order valence-electron chi connectivity index (χ2n) is 6.05. The zero-order valence-electron chi connectivity index (χ0n) is 15.2. The molecule has 0 N–H and O–H groups in total. The molecule has 0 fully saturated rings. The van der Waals surface area contributed by atoms with Gasteiger partial charge in [-0.25, -0.2) is 0 Å². The summed E-state index contributed by atoms with van der Waals surface area (Å²) in [6, 6.07) is 16.8. The maximum Gasteiger partial charge on any atom is 0.303 e. The third-order valence-corrected chi connectivity index (χ3v) is 4.99. The number of carbonyl (C=O) groups excluding carboxylic acids is 2. The number of carbonyl (C=O) groups is 2. The number of esters is 1. The van der Waals surface area contributed by atoms with Crippen molar-refractivity contribution in [2.24, 2.45) is 0 Å². The van der Waals surface area contributed by atoms with Crippen molar-refractivity contribution >= 4 is 28.3 Å². The standard InChI is InChI=1S/C20H19N3O3S/c1-13-9-11-16(12-10-13)18-21-22-20(27-18)23(3)19(25)17(26-14(2)24)15-7-5-4-6-8-15/h4-12,17H,1-3H3. The summed E-state index contributed by atoms with van der Waals surface area (Å²) in [4.78, 5) is 25.8. The van der Waals surface area contributed by atoms with Crippen molar-refractivity contribution in [3.05, 3.63) is 65.7 Å². The van der Waals surface area contributed by atoms with Gasteiger partial charge in [-0.1, -0.05) is 71.5 Å². The van der Waals surface area contributed by atoms with Gasteiger partial charge in [-0.15, -0.1) is 10.2 Å². The van der Waals surface area contributed by atoms with Crippen molar-refractivity contribution < 1.29 is 14.3 Å². The van der Waals surface area contributed by atoms with Crippen LogP contribution in [0.3, 0.4) is 0 Å². The quantitative estimate of drug-likeness (QED) is 0.629. The molecule has 1 atom stereocenters. The Labute approximate surface area is 161 Å². The van der Waals surface area contributed by atoms with E-state index in [0.717, 1.165) is 11.1 Å². The molecule has 7 heteroatoms. The summed E-state index contributed by atoms with van der Waals surface area (Å²) in [5.41, 5.74) is 2.69. The number of ether oxygens (including phenoxy) is 1. The first-order chi connectivity index (χ1) is 13.0. The molecule has 0 saturated carbocycles. The van der Waals surface area contributed by atoms with Crippen LogP contribution in [0, 0.1) is 6.92 Å². The van der Waals surface area contributed by atoms with Gasteiger partial charge in [-0.05, 0) is 6.92 Å². The van der Waals surface area contributed by atoms with Gasteiger partial charge in [-0.3, -0.25) is 14.5 Å². The van der Waals surface area contributed by atoms with Crippen LogP contribution in [0.25, 0.3) is 10.6 Å². The predicted octanol–water partition coefficient (Wildman–Crippen LogP) is 3.78. The number of aromatic nitrogens is 2. The van der Waals surface area contributed by atoms with Crippen molar-refractivity contribution in [1.29, 1.82) is 0 Å². The first-order valence-corrected chi connectivity index (χ1v) is 9.17. The average molecular weight is 381 g/mol. The maximum absolute atomic E-state index is 13.0. The molecule has 3 rings (SSSR count). The van der Waals surface area contributed by atoms with Crippen LogP contribution >= 0.6 is 11.3 Å². The topological polar surface area (TPSA) is 72.4 Å². The Bertz CT molecular complexity index is 939. The van der Waals surface area contributed by atoms with E-state index < -0.39 is 12.1 Å². The second kappa shape index (κ2) is 8.09. The molecule has 3 aromatic rings. The first-order valence-electron chi connectivity index (χ1n) is 8.36. The molecule has 1 unspecified atom stereocenters. The molecule has 6 nitrogen and oxygen atoms in total. The van der Waals surface area contributed by atoms with Crippen LogP contribution < -0.4 is 4.90 Å². The first kappa shape index (κ1) is 18.7. The molecule has 0 radical (unpaired) electrons. The fourth-order valence-corrected chi connectivity index (χ4v) is 3.31. The fraction of sp³-hybridized carbons (Fsp3) is 0.200. The summed E-state index contributed by atoms with van der Waals surface area (Å²) in [6.07, 6.45) is -1.03. The lowest BCUT2D eigenvalue weighted by molar-refractivity contribution is -0.153. The Balaban J connectivity index is 1.85. The minimum absolute atomic E-state index is 0.386. The van der Waals surface area contributed by atoms with E-state index in [-0.39, 0.29) is 5.91 Å². The molecule has 0 bridgehead atoms. The highest BCUT2D eigenvalue weighted by Crippen LogP contribution is 2.30. The van der Waals surface area contributed by atoms with E-state index in [4.69, 9.17) is 4.74 Å². The number of amides is 1. The van der Waals surface area contributed by atoms with Crippen molar-refractivity contribution in [2.75, 3.05) is 11.9 Å². The fourth-order valence-electron chi connectivity index (χ4n) is 2.49. The lowest BCUT2D eigenvalue weighted by Gasteiger charge is -2.21. The Hall–Kier alpha value is -3.06. The van der Waals surface area contributed by atoms with Gasteiger partial charge in [-0.2, -0.15) is 0 Å². The van der Waals surface area contributed by atoms with E-state index in [9.17, 15) is 9.59 Å². The zero-order chi connectivity index (χ0) is 19.4. The maximum atomic E-state index is 13.0. The number of hydrogen-bond donors (Lipinski definition) is 0. The van der Waals surface area contributed by atoms with Crippen molar-refractivity contribution in [3.8, 4) is 10.6 Å². The van der Waals surface area contributed by atoms with Crippen LogP contribution in [-0.4, -0.2) is 29.1 Å². The summed E-state index contributed by atoms with van der Waals surface area (Å²) in [5, 5.41) is 9.45. The molecule has 0 aliphatic carbocycles. The molecule has 138 valence electrons. The van der Waals surface area contributed by atoms with E-state index in [0.29, 0.717) is 15.7 Å². The monoisotopic (exact) mass is 381 g/mol. The minimum Gasteiger partial charge on any atom is -0.447 e. The summed E-state index contributed by atoms with van der Waals surface area (Å²) in [7, 11) is 1.60. The van der Waals surface area contributed by atoms with Crippen molar-refractivity contribution in [2.45, 2.75) is 20.0 Å². The molecule has 0 aliphatic rings. The number of nitrogens with zero attached hydrogens (tertiary/aromatic N) is 3. The lowest BCUT2D eigenvalue weighted by atomic mass is 10.1. The van der Waals surface area contributed by atoms with E-state index in [1.54, 1.807) is 31.3 Å². The van der Waals surface area contributed by atoms with E-state index in [1.165, 1.54) is 23.2 Å². The molecular formula is C20H19N3O3S. The molecule has 0 aliphatic heterocycles. The average Bonchev–Trinajstić information content (AvgIpc) is 3.16. The molecule has 1 heterocycles. The van der Waals surface area contributed by atoms with E-state index in [1.807, 2.05) is 37.3 Å². The SMILES string of the molecule is CC(=O)OC(C(=O)N(C)c1nnc(-c2ccc(C)cc2)s1)c1ccccc1. The molecular weight excluding hydrogens is 362 g/mol. The Morgan fingerprint density at radius 1 is 1.04 bits per heavy atom. The van der Waals surface area contributed by atoms with Crippen LogP contribution in [-0.2, 0) is 14.3 Å². The Kier molecular flexibility index (Phi) is 5.61. The minimum atomic E-state index is -1.03. The van der Waals surface area contributed by atoms with Crippen LogP contribution in [0.4, 0.5) is 5.13 Å². The highest BCUT2D eigenvalue weighted by molar-refractivity contribution is 7.18. The lowest BCUT2D eigenvalue weighted by Crippen LogP contribution is -2.33. The van der Waals surface area contributed by atoms with Gasteiger partial charge in [0.05, 0.1) is 0 Å². The Morgan fingerprint density at radius 2 is 1.70 bits per heavy atom. The normalized spacial score (nSPS) is 11.7. The summed E-state index contributed by atoms with van der Waals surface area (Å²) >= 11 is 1.30. The molecule has 2 aromatic carbocycles. The summed E-state index contributed by atoms with van der Waals surface area (Å²) in [5.74, 6) is -0.911. The zero-order valence-corrected chi connectivity index (χ0v) is 16.1. The van der Waals surface area contributed by atoms with Crippen LogP contribution in [0.1, 0.15) is 24.2 Å². The highest BCUT2D eigenvalue weighted by Gasteiger charge is 2.29.